The third kappa shape index (κ3) is 4.88. The van der Waals surface area contributed by atoms with Gasteiger partial charge in [0.25, 0.3) is 11.8 Å². The topological polar surface area (TPSA) is 52.7 Å². The number of nitrogens with one attached hydrogen (secondary N) is 1. The molecule has 172 valence electrons. The van der Waals surface area contributed by atoms with Crippen molar-refractivity contribution < 1.29 is 22.8 Å². The smallest absolute Gasteiger partial charge is 0.332 e. The number of anilines is 1. The minimum absolute atomic E-state index is 0.0158. The van der Waals surface area contributed by atoms with Crippen molar-refractivity contribution in [2.24, 2.45) is 5.92 Å². The van der Waals surface area contributed by atoms with Gasteiger partial charge in [-0.2, -0.15) is 13.2 Å². The van der Waals surface area contributed by atoms with E-state index >= 15 is 0 Å². The number of carbonyl (C=O) groups excluding carboxylic acids is 2. The number of amides is 2. The second-order valence-electron chi connectivity index (χ2n) is 8.31. The van der Waals surface area contributed by atoms with Crippen LogP contribution in [0.4, 0.5) is 18.9 Å². The number of nitrogens with zero attached hydrogens (tertiary/aromatic N) is 2. The third-order valence-corrected chi connectivity index (χ3v) is 6.04. The summed E-state index contributed by atoms with van der Waals surface area (Å²) in [5.74, 6) is 4.71. The molecule has 1 saturated heterocycles. The molecule has 0 saturated carbocycles. The normalized spacial score (nSPS) is 17.7. The van der Waals surface area contributed by atoms with Gasteiger partial charge in [-0.3, -0.25) is 9.59 Å². The van der Waals surface area contributed by atoms with Crippen LogP contribution in [0.1, 0.15) is 40.4 Å². The van der Waals surface area contributed by atoms with Crippen LogP contribution in [-0.4, -0.2) is 36.3 Å². The Kier molecular flexibility index (Phi) is 6.43. The summed E-state index contributed by atoms with van der Waals surface area (Å²) in [5, 5.41) is 3.20. The summed E-state index contributed by atoms with van der Waals surface area (Å²) in [5.41, 5.74) is 0.328. The number of fused-ring (bicyclic) bond motifs is 1. The van der Waals surface area contributed by atoms with Gasteiger partial charge in [0, 0.05) is 37.4 Å². The molecular weight excluding hydrogens is 431 g/mol. The van der Waals surface area contributed by atoms with Crippen molar-refractivity contribution in [3.05, 3.63) is 64.7 Å². The molecule has 2 aromatic carbocycles. The molecule has 5 nitrogen and oxygen atoms in total. The molecule has 8 heteroatoms. The molecule has 2 aliphatic heterocycles. The summed E-state index contributed by atoms with van der Waals surface area (Å²) in [6.07, 6.45) is -3.74. The predicted molar refractivity (Wildman–Crippen MR) is 118 cm³/mol. The van der Waals surface area contributed by atoms with Crippen LogP contribution in [0.25, 0.3) is 0 Å². The highest BCUT2D eigenvalue weighted by molar-refractivity contribution is 6.10. The highest BCUT2D eigenvalue weighted by atomic mass is 19.4. The Labute approximate surface area is 190 Å². The van der Waals surface area contributed by atoms with E-state index in [0.29, 0.717) is 30.9 Å². The lowest BCUT2D eigenvalue weighted by Gasteiger charge is -2.16. The molecule has 0 radical (unpaired) electrons. The monoisotopic (exact) mass is 455 g/mol. The molecule has 2 amide bonds. The maximum atomic E-state index is 13.8. The summed E-state index contributed by atoms with van der Waals surface area (Å²) in [6, 6.07) is 11.4. The van der Waals surface area contributed by atoms with Crippen LogP contribution in [0, 0.1) is 17.8 Å². The zero-order valence-electron chi connectivity index (χ0n) is 18.2. The Morgan fingerprint density at radius 1 is 1.21 bits per heavy atom. The van der Waals surface area contributed by atoms with Crippen molar-refractivity contribution in [3.8, 4) is 11.8 Å². The maximum Gasteiger partial charge on any atom is 0.416 e. The summed E-state index contributed by atoms with van der Waals surface area (Å²) in [4.78, 5) is 27.9. The number of hydrogen-bond acceptors (Lipinski definition) is 3. The first-order valence-corrected chi connectivity index (χ1v) is 10.8. The minimum Gasteiger partial charge on any atom is -0.332 e. The fourth-order valence-electron chi connectivity index (χ4n) is 4.43. The van der Waals surface area contributed by atoms with Crippen LogP contribution >= 0.6 is 0 Å². The van der Waals surface area contributed by atoms with Crippen molar-refractivity contribution in [2.75, 3.05) is 24.5 Å². The molecule has 1 N–H and O–H groups in total. The molecular formula is C25H24F3N3O2. The number of benzene rings is 2. The van der Waals surface area contributed by atoms with E-state index in [4.69, 9.17) is 0 Å². The maximum absolute atomic E-state index is 13.8. The number of para-hydroxylation sites is 1. The van der Waals surface area contributed by atoms with Crippen LogP contribution in [-0.2, 0) is 24.1 Å². The lowest BCUT2D eigenvalue weighted by Crippen LogP contribution is -2.30. The van der Waals surface area contributed by atoms with E-state index in [9.17, 15) is 22.8 Å². The average Bonchev–Trinajstić information content (AvgIpc) is 3.39. The van der Waals surface area contributed by atoms with Crippen LogP contribution in [0.15, 0.2) is 42.5 Å². The van der Waals surface area contributed by atoms with Crippen molar-refractivity contribution in [1.82, 2.24) is 10.2 Å². The standard InChI is InChI=1S/C25H24F3N3O2/c1-2-6-23(32)30-10-9-17(15-30)13-29-14-18-11-20-21(22(12-18)25(26,27)28)16-31(24(20)33)19-7-4-3-5-8-19/h3-5,7-8,11-12,17,29H,9-10,13-16H2,1H3. The molecule has 33 heavy (non-hydrogen) atoms. The van der Waals surface area contributed by atoms with Gasteiger partial charge in [-0.25, -0.2) is 0 Å². The number of carbonyl (C=O) groups is 2. The van der Waals surface area contributed by atoms with Gasteiger partial charge in [-0.1, -0.05) is 24.1 Å². The zero-order valence-corrected chi connectivity index (χ0v) is 18.2. The summed E-state index contributed by atoms with van der Waals surface area (Å²) in [6.45, 7) is 3.47. The lowest BCUT2D eigenvalue weighted by atomic mass is 9.98. The Bertz CT molecular complexity index is 1120. The zero-order chi connectivity index (χ0) is 23.6. The number of hydrogen-bond donors (Lipinski definition) is 1. The van der Waals surface area contributed by atoms with Crippen LogP contribution in [0.3, 0.4) is 0 Å². The second-order valence-corrected chi connectivity index (χ2v) is 8.31. The Morgan fingerprint density at radius 3 is 2.67 bits per heavy atom. The molecule has 0 spiro atoms. The first-order chi connectivity index (χ1) is 15.8. The average molecular weight is 455 g/mol. The summed E-state index contributed by atoms with van der Waals surface area (Å²) >= 11 is 0. The van der Waals surface area contributed by atoms with Crippen molar-refractivity contribution in [1.29, 1.82) is 0 Å². The Balaban J connectivity index is 1.47. The molecule has 2 heterocycles. The van der Waals surface area contributed by atoms with Gasteiger partial charge in [0.05, 0.1) is 12.1 Å². The third-order valence-electron chi connectivity index (χ3n) is 6.04. The molecule has 1 fully saturated rings. The van der Waals surface area contributed by atoms with Gasteiger partial charge in [0.15, 0.2) is 0 Å². The van der Waals surface area contributed by atoms with E-state index in [1.54, 1.807) is 48.2 Å². The largest absolute Gasteiger partial charge is 0.416 e. The van der Waals surface area contributed by atoms with E-state index in [-0.39, 0.29) is 36.0 Å². The molecule has 1 unspecified atom stereocenters. The van der Waals surface area contributed by atoms with Gasteiger partial charge in [-0.05, 0) is 60.6 Å². The minimum atomic E-state index is -4.56. The van der Waals surface area contributed by atoms with Crippen molar-refractivity contribution in [3.63, 3.8) is 0 Å². The van der Waals surface area contributed by atoms with Crippen LogP contribution in [0.2, 0.25) is 0 Å². The first kappa shape index (κ1) is 22.9. The van der Waals surface area contributed by atoms with E-state index in [1.807, 2.05) is 0 Å². The summed E-state index contributed by atoms with van der Waals surface area (Å²) < 4.78 is 41.5. The highest BCUT2D eigenvalue weighted by Gasteiger charge is 2.40. The second kappa shape index (κ2) is 9.28. The van der Waals surface area contributed by atoms with E-state index < -0.39 is 17.6 Å². The van der Waals surface area contributed by atoms with Gasteiger partial charge in [0.2, 0.25) is 0 Å². The molecule has 4 rings (SSSR count). The fourth-order valence-corrected chi connectivity index (χ4v) is 4.43. The van der Waals surface area contributed by atoms with E-state index in [2.05, 4.69) is 17.2 Å². The van der Waals surface area contributed by atoms with Gasteiger partial charge in [-0.15, -0.1) is 0 Å². The number of rotatable bonds is 5. The molecule has 0 aromatic heterocycles. The quantitative estimate of drug-likeness (QED) is 0.698. The molecule has 0 bridgehead atoms. The van der Waals surface area contributed by atoms with Crippen molar-refractivity contribution >= 4 is 17.5 Å². The van der Waals surface area contributed by atoms with E-state index in [1.165, 1.54) is 4.90 Å². The Morgan fingerprint density at radius 2 is 1.97 bits per heavy atom. The van der Waals surface area contributed by atoms with Crippen molar-refractivity contribution in [2.45, 2.75) is 32.6 Å². The number of likely N-dealkylation sites (tertiary alicyclic amines) is 1. The van der Waals surface area contributed by atoms with Crippen LogP contribution in [0.5, 0.6) is 0 Å². The molecule has 2 aromatic rings. The Hall–Kier alpha value is -3.31. The van der Waals surface area contributed by atoms with E-state index in [0.717, 1.165) is 12.5 Å². The SMILES string of the molecule is CC#CC(=O)N1CCC(CNCc2cc3c(c(C(F)(F)F)c2)CN(c2ccccc2)C3=O)C1. The fraction of sp³-hybridized carbons (Fsp3) is 0.360. The summed E-state index contributed by atoms with van der Waals surface area (Å²) in [7, 11) is 0. The molecule has 0 aliphatic carbocycles. The lowest BCUT2D eigenvalue weighted by molar-refractivity contribution is -0.138. The molecule has 1 atom stereocenters. The van der Waals surface area contributed by atoms with Gasteiger partial charge >= 0.3 is 6.18 Å². The number of halogens is 3. The predicted octanol–water partition coefficient (Wildman–Crippen LogP) is 3.83. The van der Waals surface area contributed by atoms with Gasteiger partial charge in [0.1, 0.15) is 0 Å². The first-order valence-electron chi connectivity index (χ1n) is 10.8. The number of alkyl halides is 3. The highest BCUT2D eigenvalue weighted by Crippen LogP contribution is 2.39. The van der Waals surface area contributed by atoms with Gasteiger partial charge < -0.3 is 15.1 Å². The molecule has 2 aliphatic rings. The van der Waals surface area contributed by atoms with Crippen LogP contribution < -0.4 is 10.2 Å².